The molecule has 0 saturated heterocycles. The fourth-order valence-corrected chi connectivity index (χ4v) is 2.17. The Hall–Kier alpha value is -1.61. The lowest BCUT2D eigenvalue weighted by Gasteiger charge is -2.09. The van der Waals surface area contributed by atoms with Crippen molar-refractivity contribution in [3.05, 3.63) is 40.5 Å². The van der Waals surface area contributed by atoms with E-state index in [9.17, 15) is 4.79 Å². The van der Waals surface area contributed by atoms with Crippen LogP contribution in [0.2, 0.25) is 5.02 Å². The molecule has 0 bridgehead atoms. The predicted molar refractivity (Wildman–Crippen MR) is 76.8 cm³/mol. The summed E-state index contributed by atoms with van der Waals surface area (Å²) in [6, 6.07) is 5.92. The molecule has 1 aromatic carbocycles. The average Bonchev–Trinajstić information content (AvgIpc) is 2.38. The number of hydrogen-bond acceptors (Lipinski definition) is 3. The first-order valence-electron chi connectivity index (χ1n) is 6.29. The maximum atomic E-state index is 11.7. The largest absolute Gasteiger partial charge is 0.462 e. The molecule has 0 spiro atoms. The molecule has 2 rings (SSSR count). The number of rotatable bonds is 3. The van der Waals surface area contributed by atoms with Gasteiger partial charge in [0.05, 0.1) is 22.7 Å². The van der Waals surface area contributed by atoms with Crippen LogP contribution in [0.25, 0.3) is 10.9 Å². The van der Waals surface area contributed by atoms with Crippen molar-refractivity contribution in [2.45, 2.75) is 26.7 Å². The van der Waals surface area contributed by atoms with Crippen LogP contribution in [0.1, 0.15) is 42.6 Å². The Bertz CT molecular complexity index is 623. The highest BCUT2D eigenvalue weighted by Crippen LogP contribution is 2.28. The normalized spacial score (nSPS) is 11.0. The number of hydrogen-bond donors (Lipinski definition) is 0. The summed E-state index contributed by atoms with van der Waals surface area (Å²) in [6.07, 6.45) is 1.48. The zero-order chi connectivity index (χ0) is 14.0. The summed E-state index contributed by atoms with van der Waals surface area (Å²) in [5, 5.41) is 1.18. The van der Waals surface area contributed by atoms with Gasteiger partial charge in [-0.3, -0.25) is 4.98 Å². The molecular formula is C15H16ClNO2. The minimum Gasteiger partial charge on any atom is -0.462 e. The van der Waals surface area contributed by atoms with Gasteiger partial charge in [0.25, 0.3) is 0 Å². The zero-order valence-electron chi connectivity index (χ0n) is 11.2. The molecule has 1 aromatic heterocycles. The smallest absolute Gasteiger partial charge is 0.341 e. The maximum absolute atomic E-state index is 11.7. The Balaban J connectivity index is 2.54. The fourth-order valence-electron chi connectivity index (χ4n) is 1.89. The molecule has 1 heterocycles. The van der Waals surface area contributed by atoms with Gasteiger partial charge >= 0.3 is 5.97 Å². The average molecular weight is 278 g/mol. The number of aromatic nitrogens is 1. The van der Waals surface area contributed by atoms with Crippen molar-refractivity contribution in [3.8, 4) is 0 Å². The van der Waals surface area contributed by atoms with E-state index in [-0.39, 0.29) is 0 Å². The van der Waals surface area contributed by atoms with Gasteiger partial charge in [0.15, 0.2) is 0 Å². The number of benzene rings is 1. The second-order valence-corrected chi connectivity index (χ2v) is 5.02. The monoisotopic (exact) mass is 277 g/mol. The summed E-state index contributed by atoms with van der Waals surface area (Å²) in [6.45, 7) is 6.32. The molecular weight excluding hydrogens is 262 g/mol. The van der Waals surface area contributed by atoms with Gasteiger partial charge < -0.3 is 4.74 Å². The first-order chi connectivity index (χ1) is 9.04. The van der Waals surface area contributed by atoms with E-state index in [0.29, 0.717) is 23.1 Å². The standard InChI is InChI=1S/C15H16ClNO2/c1-4-19-15(18)12-8-17-13-7-10(9(2)3)5-6-11(13)14(12)16/h5-9H,4H2,1-3H3. The Morgan fingerprint density at radius 1 is 1.42 bits per heavy atom. The van der Waals surface area contributed by atoms with Crippen LogP contribution in [0.15, 0.2) is 24.4 Å². The number of fused-ring (bicyclic) bond motifs is 1. The number of ether oxygens (including phenoxy) is 1. The molecule has 0 N–H and O–H groups in total. The third kappa shape index (κ3) is 2.71. The van der Waals surface area contributed by atoms with E-state index in [1.807, 2.05) is 18.2 Å². The lowest BCUT2D eigenvalue weighted by molar-refractivity contribution is 0.0526. The summed E-state index contributed by atoms with van der Waals surface area (Å²) in [5.74, 6) is -0.00968. The van der Waals surface area contributed by atoms with Crippen molar-refractivity contribution in [2.75, 3.05) is 6.61 Å². The molecule has 2 aromatic rings. The molecule has 0 aliphatic rings. The van der Waals surface area contributed by atoms with E-state index < -0.39 is 5.97 Å². The van der Waals surface area contributed by atoms with Crippen LogP contribution >= 0.6 is 11.6 Å². The number of carbonyl (C=O) groups is 1. The minimum absolute atomic E-state index is 0.313. The summed E-state index contributed by atoms with van der Waals surface area (Å²) in [5.41, 5.74) is 2.30. The molecule has 0 amide bonds. The topological polar surface area (TPSA) is 39.2 Å². The number of pyridine rings is 1. The van der Waals surface area contributed by atoms with Gasteiger partial charge in [-0.15, -0.1) is 0 Å². The van der Waals surface area contributed by atoms with Crippen LogP contribution in [0.5, 0.6) is 0 Å². The number of carbonyl (C=O) groups excluding carboxylic acids is 1. The summed E-state index contributed by atoms with van der Waals surface area (Å²) in [4.78, 5) is 16.0. The van der Waals surface area contributed by atoms with Gasteiger partial charge in [0.1, 0.15) is 0 Å². The second-order valence-electron chi connectivity index (χ2n) is 4.64. The molecule has 0 fully saturated rings. The highest BCUT2D eigenvalue weighted by Gasteiger charge is 2.15. The maximum Gasteiger partial charge on any atom is 0.341 e. The fraction of sp³-hybridized carbons (Fsp3) is 0.333. The first kappa shape index (κ1) is 13.8. The van der Waals surface area contributed by atoms with Crippen LogP contribution < -0.4 is 0 Å². The number of esters is 1. The van der Waals surface area contributed by atoms with Crippen molar-refractivity contribution in [3.63, 3.8) is 0 Å². The highest BCUT2D eigenvalue weighted by molar-refractivity contribution is 6.38. The predicted octanol–water partition coefficient (Wildman–Crippen LogP) is 4.19. The first-order valence-corrected chi connectivity index (χ1v) is 6.67. The molecule has 19 heavy (non-hydrogen) atoms. The molecule has 0 radical (unpaired) electrons. The van der Waals surface area contributed by atoms with Crippen LogP contribution in [0.3, 0.4) is 0 Å². The van der Waals surface area contributed by atoms with E-state index in [2.05, 4.69) is 18.8 Å². The minimum atomic E-state index is -0.435. The number of halogens is 1. The van der Waals surface area contributed by atoms with Gasteiger partial charge in [0, 0.05) is 11.6 Å². The van der Waals surface area contributed by atoms with Crippen molar-refractivity contribution < 1.29 is 9.53 Å². The second kappa shape index (κ2) is 5.57. The molecule has 0 atom stereocenters. The third-order valence-corrected chi connectivity index (χ3v) is 3.40. The summed E-state index contributed by atoms with van der Waals surface area (Å²) in [7, 11) is 0. The lowest BCUT2D eigenvalue weighted by Crippen LogP contribution is -2.06. The van der Waals surface area contributed by atoms with E-state index in [0.717, 1.165) is 10.9 Å². The van der Waals surface area contributed by atoms with Crippen molar-refractivity contribution in [1.29, 1.82) is 0 Å². The molecule has 100 valence electrons. The van der Waals surface area contributed by atoms with Crippen molar-refractivity contribution in [1.82, 2.24) is 4.98 Å². The molecule has 4 heteroatoms. The van der Waals surface area contributed by atoms with E-state index in [1.165, 1.54) is 11.8 Å². The van der Waals surface area contributed by atoms with Crippen molar-refractivity contribution >= 4 is 28.5 Å². The molecule has 0 saturated carbocycles. The SMILES string of the molecule is CCOC(=O)c1cnc2cc(C(C)C)ccc2c1Cl. The van der Waals surface area contributed by atoms with E-state index in [1.54, 1.807) is 6.92 Å². The van der Waals surface area contributed by atoms with Crippen molar-refractivity contribution in [2.24, 2.45) is 0 Å². The van der Waals surface area contributed by atoms with Gasteiger partial charge in [-0.1, -0.05) is 37.6 Å². The van der Waals surface area contributed by atoms with E-state index in [4.69, 9.17) is 16.3 Å². The Morgan fingerprint density at radius 2 is 2.16 bits per heavy atom. The van der Waals surface area contributed by atoms with Crippen LogP contribution in [-0.4, -0.2) is 17.6 Å². The molecule has 0 unspecified atom stereocenters. The molecule has 0 aliphatic heterocycles. The lowest BCUT2D eigenvalue weighted by atomic mass is 10.0. The van der Waals surface area contributed by atoms with Crippen LogP contribution in [0.4, 0.5) is 0 Å². The summed E-state index contributed by atoms with van der Waals surface area (Å²) < 4.78 is 4.96. The zero-order valence-corrected chi connectivity index (χ0v) is 12.0. The third-order valence-electron chi connectivity index (χ3n) is 2.99. The summed E-state index contributed by atoms with van der Waals surface area (Å²) >= 11 is 6.26. The Labute approximate surface area is 117 Å². The quantitative estimate of drug-likeness (QED) is 0.790. The van der Waals surface area contributed by atoms with Gasteiger partial charge in [-0.25, -0.2) is 4.79 Å². The molecule has 3 nitrogen and oxygen atoms in total. The Kier molecular flexibility index (Phi) is 4.05. The number of nitrogens with zero attached hydrogens (tertiary/aromatic N) is 1. The Morgan fingerprint density at radius 3 is 2.79 bits per heavy atom. The van der Waals surface area contributed by atoms with Gasteiger partial charge in [-0.2, -0.15) is 0 Å². The van der Waals surface area contributed by atoms with Crippen LogP contribution in [-0.2, 0) is 4.74 Å². The highest BCUT2D eigenvalue weighted by atomic mass is 35.5. The van der Waals surface area contributed by atoms with Crippen LogP contribution in [0, 0.1) is 0 Å². The van der Waals surface area contributed by atoms with E-state index >= 15 is 0 Å². The molecule has 0 aliphatic carbocycles. The van der Waals surface area contributed by atoms with Gasteiger partial charge in [0.2, 0.25) is 0 Å². The van der Waals surface area contributed by atoms with Gasteiger partial charge in [-0.05, 0) is 24.5 Å².